The van der Waals surface area contributed by atoms with E-state index in [1.165, 1.54) is 12.2 Å². The van der Waals surface area contributed by atoms with E-state index in [0.29, 0.717) is 88.1 Å². The Balaban J connectivity index is 1.04. The summed E-state index contributed by atoms with van der Waals surface area (Å²) in [4.78, 5) is 73.1. The number of aryl methyl sites for hydroxylation is 1. The second-order valence-electron chi connectivity index (χ2n) is 15.7. The molecule has 0 aliphatic carbocycles. The zero-order valence-corrected chi connectivity index (χ0v) is 38.3. The van der Waals surface area contributed by atoms with Crippen molar-refractivity contribution < 1.29 is 82.7 Å². The highest BCUT2D eigenvalue weighted by Crippen LogP contribution is 2.34. The van der Waals surface area contributed by atoms with Gasteiger partial charge in [-0.25, -0.2) is 4.79 Å². The second kappa shape index (κ2) is 29.8. The third-order valence-corrected chi connectivity index (χ3v) is 10.7. The number of carbonyl (C=O) groups is 6. The Hall–Kier alpha value is -4.99. The minimum Gasteiger partial charge on any atom is -0.477 e. The van der Waals surface area contributed by atoms with Crippen LogP contribution in [0.1, 0.15) is 49.8 Å². The number of aromatic nitrogens is 3. The van der Waals surface area contributed by atoms with Gasteiger partial charge in [0.1, 0.15) is 24.5 Å². The highest BCUT2D eigenvalue weighted by atomic mass is 35.5. The number of halogens is 1. The molecule has 378 valence electrons. The molecular weight excluding hydrogens is 922 g/mol. The molecule has 68 heavy (non-hydrogen) atoms. The van der Waals surface area contributed by atoms with Crippen molar-refractivity contribution in [1.82, 2.24) is 35.8 Å². The molecule has 2 aromatic rings. The number of nitrogens with one attached hydrogen (secondary N) is 3. The molecule has 0 unspecified atom stereocenters. The van der Waals surface area contributed by atoms with E-state index in [9.17, 15) is 54.3 Å². The van der Waals surface area contributed by atoms with E-state index in [1.807, 2.05) is 0 Å². The molecule has 5 amide bonds. The van der Waals surface area contributed by atoms with Crippen molar-refractivity contribution in [3.05, 3.63) is 58.9 Å². The number of carboxylic acid groups (broad SMARTS) is 1. The summed E-state index contributed by atoms with van der Waals surface area (Å²) in [5.41, 5.74) is 1.27. The van der Waals surface area contributed by atoms with E-state index in [-0.39, 0.29) is 51.7 Å². The highest BCUT2D eigenvalue weighted by Gasteiger charge is 2.55. The molecule has 24 nitrogen and oxygen atoms in total. The van der Waals surface area contributed by atoms with Gasteiger partial charge in [0.2, 0.25) is 17.7 Å². The molecule has 1 fully saturated rings. The Morgan fingerprint density at radius 2 is 1.49 bits per heavy atom. The monoisotopic (exact) mass is 983 g/mol. The SMILES string of the molecule is O=C(CCN1C(=O)C=CC1=O)NCCOCCOCCOCCOCc1cn(CCCCCCO[C@]2(C(=O)O)C[C@H](O)[C@@H](NC(=O)CO)[C@H]([C@H](O)[C@H](O)CNC(=O)Cc3ccc(Cl)cc3)O2)nn1. The minimum atomic E-state index is -2.46. The van der Waals surface area contributed by atoms with Gasteiger partial charge in [0, 0.05) is 56.2 Å². The molecule has 1 aromatic carbocycles. The minimum absolute atomic E-state index is 0.0150. The van der Waals surface area contributed by atoms with E-state index in [1.54, 1.807) is 35.1 Å². The molecule has 0 spiro atoms. The van der Waals surface area contributed by atoms with Crippen LogP contribution in [0.3, 0.4) is 0 Å². The van der Waals surface area contributed by atoms with Crippen LogP contribution in [0.25, 0.3) is 0 Å². The summed E-state index contributed by atoms with van der Waals surface area (Å²) < 4.78 is 35.1. The molecule has 6 atom stereocenters. The lowest BCUT2D eigenvalue weighted by molar-refractivity contribution is -0.310. The number of unbranched alkanes of at least 4 members (excludes halogenated alkanes) is 3. The van der Waals surface area contributed by atoms with Crippen LogP contribution in [0.2, 0.25) is 5.02 Å². The number of hydrogen-bond acceptors (Lipinski definition) is 18. The average Bonchev–Trinajstić information content (AvgIpc) is 3.91. The van der Waals surface area contributed by atoms with Crippen LogP contribution in [-0.2, 0) is 76.8 Å². The maximum atomic E-state index is 12.6. The number of ether oxygens (including phenoxy) is 6. The van der Waals surface area contributed by atoms with Gasteiger partial charge in [0.25, 0.3) is 17.6 Å². The third kappa shape index (κ3) is 19.2. The van der Waals surface area contributed by atoms with Crippen molar-refractivity contribution in [1.29, 1.82) is 0 Å². The Kier molecular flexibility index (Phi) is 24.4. The number of aliphatic hydroxyl groups is 4. The van der Waals surface area contributed by atoms with Crippen LogP contribution >= 0.6 is 11.6 Å². The molecule has 0 bridgehead atoms. The summed E-state index contributed by atoms with van der Waals surface area (Å²) in [6.07, 6.45) is -1.22. The fraction of sp³-hybridized carbons (Fsp3) is 0.628. The van der Waals surface area contributed by atoms with Crippen molar-refractivity contribution in [2.75, 3.05) is 79.1 Å². The predicted octanol–water partition coefficient (Wildman–Crippen LogP) is -2.01. The first-order chi connectivity index (χ1) is 32.7. The smallest absolute Gasteiger partial charge is 0.364 e. The molecule has 2 aliphatic rings. The molecule has 1 aromatic heterocycles. The van der Waals surface area contributed by atoms with Gasteiger partial charge >= 0.3 is 5.97 Å². The second-order valence-corrected chi connectivity index (χ2v) is 16.2. The topological polar surface area (TPSA) is 329 Å². The maximum absolute atomic E-state index is 12.6. The molecule has 8 N–H and O–H groups in total. The number of carboxylic acids is 1. The fourth-order valence-corrected chi connectivity index (χ4v) is 7.01. The zero-order chi connectivity index (χ0) is 49.3. The number of rotatable bonds is 34. The summed E-state index contributed by atoms with van der Waals surface area (Å²) in [5, 5.41) is 68.6. The summed E-state index contributed by atoms with van der Waals surface area (Å²) in [6.45, 7) is 1.86. The molecule has 1 saturated heterocycles. The van der Waals surface area contributed by atoms with Crippen LogP contribution < -0.4 is 16.0 Å². The number of amides is 5. The van der Waals surface area contributed by atoms with Gasteiger partial charge in [-0.3, -0.25) is 33.6 Å². The Morgan fingerprint density at radius 3 is 2.15 bits per heavy atom. The Morgan fingerprint density at radius 1 is 0.838 bits per heavy atom. The largest absolute Gasteiger partial charge is 0.477 e. The normalized spacial score (nSPS) is 20.1. The molecular formula is C43H62ClN7O17. The first-order valence-electron chi connectivity index (χ1n) is 22.2. The van der Waals surface area contributed by atoms with Crippen molar-refractivity contribution in [3.8, 4) is 0 Å². The molecule has 4 rings (SSSR count). The van der Waals surface area contributed by atoms with Gasteiger partial charge in [-0.05, 0) is 30.5 Å². The average molecular weight is 984 g/mol. The molecule has 0 radical (unpaired) electrons. The molecule has 2 aliphatic heterocycles. The lowest BCUT2D eigenvalue weighted by Gasteiger charge is -2.46. The van der Waals surface area contributed by atoms with Crippen molar-refractivity contribution in [2.24, 2.45) is 0 Å². The van der Waals surface area contributed by atoms with E-state index in [2.05, 4.69) is 26.3 Å². The number of hydrogen-bond donors (Lipinski definition) is 8. The van der Waals surface area contributed by atoms with Crippen molar-refractivity contribution >= 4 is 47.1 Å². The number of nitrogens with zero attached hydrogens (tertiary/aromatic N) is 4. The number of imide groups is 1. The van der Waals surface area contributed by atoms with Gasteiger partial charge in [-0.15, -0.1) is 5.10 Å². The summed E-state index contributed by atoms with van der Waals surface area (Å²) in [6, 6.07) is 5.05. The quantitative estimate of drug-likeness (QED) is 0.0278. The third-order valence-electron chi connectivity index (χ3n) is 10.5. The van der Waals surface area contributed by atoms with E-state index in [4.69, 9.17) is 40.0 Å². The van der Waals surface area contributed by atoms with Crippen LogP contribution in [0, 0.1) is 0 Å². The highest BCUT2D eigenvalue weighted by molar-refractivity contribution is 6.30. The van der Waals surface area contributed by atoms with E-state index in [0.717, 1.165) is 4.90 Å². The Bertz CT molecular complexity index is 1920. The number of aliphatic hydroxyl groups excluding tert-OH is 4. The summed E-state index contributed by atoms with van der Waals surface area (Å²) in [7, 11) is 0. The number of carbonyl (C=O) groups excluding carboxylic acids is 5. The maximum Gasteiger partial charge on any atom is 0.364 e. The molecule has 3 heterocycles. The van der Waals surface area contributed by atoms with Gasteiger partial charge in [-0.2, -0.15) is 0 Å². The van der Waals surface area contributed by atoms with Gasteiger partial charge < -0.3 is 69.9 Å². The zero-order valence-electron chi connectivity index (χ0n) is 37.6. The van der Waals surface area contributed by atoms with Crippen molar-refractivity contribution in [3.63, 3.8) is 0 Å². The lowest BCUT2D eigenvalue weighted by atomic mass is 9.88. The van der Waals surface area contributed by atoms with E-state index >= 15 is 0 Å². The predicted molar refractivity (Wildman–Crippen MR) is 235 cm³/mol. The standard InChI is InChI=1S/C43H62ClN7O17/c44-30-7-5-29(6-8-30)23-35(56)46-25-33(54)40(60)41-39(47-36(57)27-52)32(53)24-43(68-41,42(61)62)67-15-4-2-1-3-13-50-26-31(48-49-50)28-66-22-21-65-20-19-64-18-17-63-16-12-45-34(55)11-14-51-37(58)9-10-38(51)59/h5-10,26,32-33,39-41,52-54,60H,1-4,11-25,27-28H2,(H,45,55)(H,46,56)(H,47,57)(H,61,62)/t32-,33+,39+,40+,41+,43+/m0/s1. The van der Waals surface area contributed by atoms with Crippen LogP contribution in [0.5, 0.6) is 0 Å². The summed E-state index contributed by atoms with van der Waals surface area (Å²) in [5.74, 6) is -6.67. The van der Waals surface area contributed by atoms with Crippen molar-refractivity contribution in [2.45, 2.75) is 94.3 Å². The first-order valence-corrected chi connectivity index (χ1v) is 22.6. The number of benzene rings is 1. The summed E-state index contributed by atoms with van der Waals surface area (Å²) >= 11 is 5.89. The molecule has 25 heteroatoms. The lowest BCUT2D eigenvalue weighted by Crippen LogP contribution is -2.68. The van der Waals surface area contributed by atoms with Gasteiger partial charge in [-0.1, -0.05) is 41.8 Å². The Labute approximate surface area is 397 Å². The van der Waals surface area contributed by atoms with E-state index < -0.39 is 85.4 Å². The fourth-order valence-electron chi connectivity index (χ4n) is 6.89. The number of aliphatic carboxylic acids is 1. The van der Waals surface area contributed by atoms with Crippen LogP contribution in [0.15, 0.2) is 42.6 Å². The van der Waals surface area contributed by atoms with Gasteiger partial charge in [0.15, 0.2) is 0 Å². The van der Waals surface area contributed by atoms with Gasteiger partial charge in [0.05, 0.1) is 90.3 Å². The first kappa shape index (κ1) is 55.6. The molecule has 0 saturated carbocycles. The van der Waals surface area contributed by atoms with Crippen LogP contribution in [-0.4, -0.2) is 196 Å². The van der Waals surface area contributed by atoms with Crippen LogP contribution in [0.4, 0.5) is 0 Å².